The van der Waals surface area contributed by atoms with Crippen LogP contribution in [-0.4, -0.2) is 11.1 Å². The Morgan fingerprint density at radius 1 is 1.29 bits per heavy atom. The van der Waals surface area contributed by atoms with E-state index in [9.17, 15) is 9.90 Å². The summed E-state index contributed by atoms with van der Waals surface area (Å²) in [5, 5.41) is 9.97. The highest BCUT2D eigenvalue weighted by Crippen LogP contribution is 2.34. The molecule has 0 heterocycles. The Kier molecular flexibility index (Phi) is 4.06. The van der Waals surface area contributed by atoms with Gasteiger partial charge in [-0.15, -0.1) is 0 Å². The Balaban J connectivity index is 2.10. The predicted molar refractivity (Wildman–Crippen MR) is 68.4 cm³/mol. The molecule has 1 fully saturated rings. The summed E-state index contributed by atoms with van der Waals surface area (Å²) in [4.78, 5) is 11.3. The summed E-state index contributed by atoms with van der Waals surface area (Å²) >= 11 is 5.82. The van der Waals surface area contributed by atoms with Crippen LogP contribution in [0.15, 0.2) is 24.3 Å². The number of carboxylic acid groups (broad SMARTS) is 1. The highest BCUT2D eigenvalue weighted by molar-refractivity contribution is 6.30. The molecule has 0 aromatic heterocycles. The molecule has 0 bridgehead atoms. The summed E-state index contributed by atoms with van der Waals surface area (Å²) in [6.45, 7) is 0. The summed E-state index contributed by atoms with van der Waals surface area (Å²) in [6.07, 6.45) is 5.61. The Morgan fingerprint density at radius 3 is 2.41 bits per heavy atom. The molecule has 1 aliphatic rings. The van der Waals surface area contributed by atoms with Crippen molar-refractivity contribution in [3.63, 3.8) is 0 Å². The summed E-state index contributed by atoms with van der Waals surface area (Å²) in [6, 6.07) is 7.19. The van der Waals surface area contributed by atoms with Gasteiger partial charge in [-0.1, -0.05) is 49.4 Å². The molecule has 1 aliphatic carbocycles. The Labute approximate surface area is 107 Å². The summed E-state index contributed by atoms with van der Waals surface area (Å²) < 4.78 is 0. The monoisotopic (exact) mass is 252 g/mol. The fourth-order valence-corrected chi connectivity index (χ4v) is 2.78. The zero-order valence-corrected chi connectivity index (χ0v) is 10.5. The lowest BCUT2D eigenvalue weighted by molar-refractivity contribution is -0.139. The first-order valence-corrected chi connectivity index (χ1v) is 6.53. The molecule has 0 aliphatic heterocycles. The average Bonchev–Trinajstić information content (AvgIpc) is 2.80. The molecule has 2 nitrogen and oxygen atoms in total. The van der Waals surface area contributed by atoms with Gasteiger partial charge in [-0.05, 0) is 30.0 Å². The lowest BCUT2D eigenvalue weighted by Crippen LogP contribution is -2.15. The van der Waals surface area contributed by atoms with Crippen LogP contribution in [0.2, 0.25) is 5.02 Å². The third-order valence-corrected chi connectivity index (χ3v) is 3.87. The Bertz CT molecular complexity index is 380. The van der Waals surface area contributed by atoms with E-state index in [2.05, 4.69) is 0 Å². The standard InChI is InChI=1S/C14H17ClO2/c15-12-7-5-11(6-8-12)13(14(16)17)9-10-3-1-2-4-10/h5-8,10,13H,1-4,9H2,(H,16,17)/t13-/m0/s1. The normalized spacial score (nSPS) is 18.2. The zero-order valence-electron chi connectivity index (χ0n) is 9.73. The fourth-order valence-electron chi connectivity index (χ4n) is 2.65. The molecule has 0 radical (unpaired) electrons. The maximum atomic E-state index is 11.3. The van der Waals surface area contributed by atoms with Gasteiger partial charge in [0.25, 0.3) is 0 Å². The molecule has 0 saturated heterocycles. The van der Waals surface area contributed by atoms with E-state index in [-0.39, 0.29) is 5.92 Å². The van der Waals surface area contributed by atoms with Gasteiger partial charge in [0, 0.05) is 5.02 Å². The van der Waals surface area contributed by atoms with Crippen LogP contribution in [0.4, 0.5) is 0 Å². The number of carbonyl (C=O) groups is 1. The van der Waals surface area contributed by atoms with Gasteiger partial charge in [-0.3, -0.25) is 4.79 Å². The van der Waals surface area contributed by atoms with Crippen LogP contribution in [0.1, 0.15) is 43.6 Å². The minimum atomic E-state index is -0.723. The first-order chi connectivity index (χ1) is 8.16. The molecule has 0 unspecified atom stereocenters. The first kappa shape index (κ1) is 12.4. The molecule has 0 amide bonds. The van der Waals surface area contributed by atoms with Gasteiger partial charge in [0.05, 0.1) is 5.92 Å². The second kappa shape index (κ2) is 5.54. The number of halogens is 1. The van der Waals surface area contributed by atoms with Gasteiger partial charge in [0.1, 0.15) is 0 Å². The van der Waals surface area contributed by atoms with Crippen LogP contribution in [0.25, 0.3) is 0 Å². The molecule has 0 spiro atoms. The zero-order chi connectivity index (χ0) is 12.3. The number of carboxylic acids is 1. The smallest absolute Gasteiger partial charge is 0.310 e. The first-order valence-electron chi connectivity index (χ1n) is 6.15. The molecule has 1 N–H and O–H groups in total. The van der Waals surface area contributed by atoms with Crippen molar-refractivity contribution in [1.82, 2.24) is 0 Å². The van der Waals surface area contributed by atoms with E-state index in [1.807, 2.05) is 12.1 Å². The molecule has 92 valence electrons. The summed E-state index contributed by atoms with van der Waals surface area (Å²) in [5.41, 5.74) is 0.869. The van der Waals surface area contributed by atoms with E-state index in [0.29, 0.717) is 10.9 Å². The second-order valence-corrected chi connectivity index (χ2v) is 5.26. The average molecular weight is 253 g/mol. The van der Waals surface area contributed by atoms with Gasteiger partial charge in [0.2, 0.25) is 0 Å². The van der Waals surface area contributed by atoms with Crippen molar-refractivity contribution < 1.29 is 9.90 Å². The molecule has 1 aromatic rings. The minimum absolute atomic E-state index is 0.379. The maximum absolute atomic E-state index is 11.3. The van der Waals surface area contributed by atoms with Crippen molar-refractivity contribution in [3.05, 3.63) is 34.9 Å². The number of benzene rings is 1. The van der Waals surface area contributed by atoms with Gasteiger partial charge < -0.3 is 5.11 Å². The highest BCUT2D eigenvalue weighted by Gasteiger charge is 2.26. The van der Waals surface area contributed by atoms with Crippen molar-refractivity contribution in [2.75, 3.05) is 0 Å². The van der Waals surface area contributed by atoms with Crippen molar-refractivity contribution in [2.45, 2.75) is 38.0 Å². The van der Waals surface area contributed by atoms with Gasteiger partial charge in [-0.2, -0.15) is 0 Å². The number of hydrogen-bond donors (Lipinski definition) is 1. The molecule has 17 heavy (non-hydrogen) atoms. The lowest BCUT2D eigenvalue weighted by atomic mass is 9.88. The second-order valence-electron chi connectivity index (χ2n) is 4.83. The molecule has 1 aromatic carbocycles. The summed E-state index contributed by atoms with van der Waals surface area (Å²) in [5.74, 6) is -0.527. The molecule has 2 rings (SSSR count). The maximum Gasteiger partial charge on any atom is 0.310 e. The van der Waals surface area contributed by atoms with E-state index in [1.54, 1.807) is 12.1 Å². The van der Waals surface area contributed by atoms with Gasteiger partial charge in [0.15, 0.2) is 0 Å². The van der Waals surface area contributed by atoms with Crippen molar-refractivity contribution in [3.8, 4) is 0 Å². The van der Waals surface area contributed by atoms with Crippen LogP contribution >= 0.6 is 11.6 Å². The molecule has 1 atom stereocenters. The summed E-state index contributed by atoms with van der Waals surface area (Å²) in [7, 11) is 0. The fraction of sp³-hybridized carbons (Fsp3) is 0.500. The van der Waals surface area contributed by atoms with Gasteiger partial charge in [-0.25, -0.2) is 0 Å². The van der Waals surface area contributed by atoms with E-state index in [0.717, 1.165) is 12.0 Å². The van der Waals surface area contributed by atoms with Crippen molar-refractivity contribution >= 4 is 17.6 Å². The third kappa shape index (κ3) is 3.22. The number of aliphatic carboxylic acids is 1. The molecular formula is C14H17ClO2. The molecule has 1 saturated carbocycles. The highest BCUT2D eigenvalue weighted by atomic mass is 35.5. The van der Waals surface area contributed by atoms with Crippen LogP contribution in [-0.2, 0) is 4.79 Å². The number of hydrogen-bond acceptors (Lipinski definition) is 1. The third-order valence-electron chi connectivity index (χ3n) is 3.61. The van der Waals surface area contributed by atoms with Crippen LogP contribution in [0.5, 0.6) is 0 Å². The van der Waals surface area contributed by atoms with E-state index in [4.69, 9.17) is 11.6 Å². The number of rotatable bonds is 4. The van der Waals surface area contributed by atoms with E-state index >= 15 is 0 Å². The Hall–Kier alpha value is -1.02. The van der Waals surface area contributed by atoms with E-state index < -0.39 is 5.97 Å². The van der Waals surface area contributed by atoms with Crippen molar-refractivity contribution in [2.24, 2.45) is 5.92 Å². The van der Waals surface area contributed by atoms with Gasteiger partial charge >= 0.3 is 5.97 Å². The van der Waals surface area contributed by atoms with E-state index in [1.165, 1.54) is 25.7 Å². The quantitative estimate of drug-likeness (QED) is 0.876. The lowest BCUT2D eigenvalue weighted by Gasteiger charge is -2.17. The van der Waals surface area contributed by atoms with Crippen molar-refractivity contribution in [1.29, 1.82) is 0 Å². The Morgan fingerprint density at radius 2 is 1.88 bits per heavy atom. The largest absolute Gasteiger partial charge is 0.481 e. The topological polar surface area (TPSA) is 37.3 Å². The van der Waals surface area contributed by atoms with Crippen LogP contribution in [0.3, 0.4) is 0 Å². The molecule has 3 heteroatoms. The SMILES string of the molecule is O=C(O)[C@@H](CC1CCCC1)c1ccc(Cl)cc1. The minimum Gasteiger partial charge on any atom is -0.481 e. The van der Waals surface area contributed by atoms with Crippen LogP contribution < -0.4 is 0 Å². The van der Waals surface area contributed by atoms with Crippen LogP contribution in [0, 0.1) is 5.92 Å². The predicted octanol–water partition coefficient (Wildman–Crippen LogP) is 4.09. The molecular weight excluding hydrogens is 236 g/mol.